The number of rotatable bonds is 3. The van der Waals surface area contributed by atoms with Gasteiger partial charge in [0.2, 0.25) is 0 Å². The number of hydrogen-bond acceptors (Lipinski definition) is 4. The lowest BCUT2D eigenvalue weighted by molar-refractivity contribution is -0.150. The van der Waals surface area contributed by atoms with Crippen molar-refractivity contribution in [2.24, 2.45) is 0 Å². The molecule has 0 radical (unpaired) electrons. The van der Waals surface area contributed by atoms with Crippen molar-refractivity contribution in [3.63, 3.8) is 0 Å². The van der Waals surface area contributed by atoms with Gasteiger partial charge in [0.1, 0.15) is 5.60 Å². The van der Waals surface area contributed by atoms with Gasteiger partial charge >= 0.3 is 5.97 Å². The molecule has 0 bridgehead atoms. The minimum atomic E-state index is -0.800. The summed E-state index contributed by atoms with van der Waals surface area (Å²) in [5, 5.41) is 3.46. The molecule has 3 rings (SSSR count). The van der Waals surface area contributed by atoms with Crippen molar-refractivity contribution in [2.45, 2.75) is 39.2 Å². The number of amides is 1. The zero-order valence-electron chi connectivity index (χ0n) is 14.8. The summed E-state index contributed by atoms with van der Waals surface area (Å²) in [7, 11) is 0. The van der Waals surface area contributed by atoms with Crippen LogP contribution in [0, 0.1) is 6.92 Å². The van der Waals surface area contributed by atoms with E-state index in [1.165, 1.54) is 0 Å². The molecule has 1 N–H and O–H groups in total. The molecular formula is C19H23ClN2O3. The molecule has 1 saturated heterocycles. The van der Waals surface area contributed by atoms with Crippen LogP contribution in [0.3, 0.4) is 0 Å². The van der Waals surface area contributed by atoms with E-state index in [1.54, 1.807) is 19.1 Å². The molecule has 0 unspecified atom stereocenters. The van der Waals surface area contributed by atoms with E-state index in [1.807, 2.05) is 13.0 Å². The van der Waals surface area contributed by atoms with Crippen molar-refractivity contribution >= 4 is 29.2 Å². The minimum Gasteiger partial charge on any atom is -0.450 e. The van der Waals surface area contributed by atoms with Crippen molar-refractivity contribution in [1.82, 2.24) is 4.90 Å². The van der Waals surface area contributed by atoms with Gasteiger partial charge in [-0.1, -0.05) is 24.6 Å². The summed E-state index contributed by atoms with van der Waals surface area (Å²) in [5.74, 6) is -0.676. The summed E-state index contributed by atoms with van der Waals surface area (Å²) in [6, 6.07) is 5.37. The van der Waals surface area contributed by atoms with Crippen molar-refractivity contribution in [3.8, 4) is 0 Å². The van der Waals surface area contributed by atoms with Crippen LogP contribution in [-0.2, 0) is 14.3 Å². The number of nitrogens with one attached hydrogen (secondary N) is 1. The van der Waals surface area contributed by atoms with Crippen molar-refractivity contribution < 1.29 is 14.3 Å². The summed E-state index contributed by atoms with van der Waals surface area (Å²) < 4.78 is 5.68. The average Bonchev–Trinajstić information content (AvgIpc) is 2.82. The van der Waals surface area contributed by atoms with E-state index in [0.29, 0.717) is 34.7 Å². The number of halogens is 1. The molecule has 25 heavy (non-hydrogen) atoms. The molecule has 0 atom stereocenters. The number of anilines is 1. The van der Waals surface area contributed by atoms with E-state index >= 15 is 0 Å². The third-order valence-electron chi connectivity index (χ3n) is 5.19. The number of likely N-dealkylation sites (tertiary alicyclic amines) is 1. The Bertz CT molecular complexity index is 749. The number of ether oxygens (including phenoxy) is 1. The first-order valence-corrected chi connectivity index (χ1v) is 8.98. The number of hydrogen-bond donors (Lipinski definition) is 1. The number of benzene rings is 1. The highest BCUT2D eigenvalue weighted by Crippen LogP contribution is 2.41. The second-order valence-corrected chi connectivity index (χ2v) is 7.14. The van der Waals surface area contributed by atoms with Crippen LogP contribution in [0.25, 0.3) is 0 Å². The highest BCUT2D eigenvalue weighted by molar-refractivity contribution is 6.31. The maximum atomic E-state index is 12.9. The Kier molecular flexibility index (Phi) is 4.89. The van der Waals surface area contributed by atoms with Crippen molar-refractivity contribution in [3.05, 3.63) is 39.9 Å². The van der Waals surface area contributed by atoms with Crippen LogP contribution >= 0.6 is 11.6 Å². The normalized spacial score (nSPS) is 20.1. The molecule has 1 aromatic rings. The molecule has 0 aromatic heterocycles. The smallest absolute Gasteiger partial charge is 0.335 e. The summed E-state index contributed by atoms with van der Waals surface area (Å²) in [6.07, 6.45) is 1.28. The lowest BCUT2D eigenvalue weighted by Gasteiger charge is -2.39. The van der Waals surface area contributed by atoms with E-state index in [2.05, 4.69) is 17.1 Å². The fraction of sp³-hybridized carbons (Fsp3) is 0.474. The number of nitrogens with zero attached hydrogens (tertiary/aromatic N) is 1. The molecule has 1 amide bonds. The number of carbonyl (C=O) groups is 2. The van der Waals surface area contributed by atoms with E-state index in [4.69, 9.17) is 16.3 Å². The number of carbonyl (C=O) groups excluding carboxylic acids is 2. The van der Waals surface area contributed by atoms with Crippen LogP contribution in [0.5, 0.6) is 0 Å². The molecule has 5 nitrogen and oxygen atoms in total. The van der Waals surface area contributed by atoms with Gasteiger partial charge in [-0.15, -0.1) is 0 Å². The number of esters is 1. The van der Waals surface area contributed by atoms with Crippen molar-refractivity contribution in [1.29, 1.82) is 0 Å². The van der Waals surface area contributed by atoms with E-state index in [0.717, 1.165) is 25.2 Å². The Balaban J connectivity index is 1.85. The molecule has 2 aliphatic rings. The highest BCUT2D eigenvalue weighted by Gasteiger charge is 2.50. The quantitative estimate of drug-likeness (QED) is 0.838. The molecule has 1 fully saturated rings. The van der Waals surface area contributed by atoms with Gasteiger partial charge in [0.15, 0.2) is 0 Å². The van der Waals surface area contributed by atoms with Crippen LogP contribution < -0.4 is 5.32 Å². The lowest BCUT2D eigenvalue weighted by atomic mass is 9.82. The Morgan fingerprint density at radius 2 is 2.00 bits per heavy atom. The Labute approximate surface area is 153 Å². The summed E-state index contributed by atoms with van der Waals surface area (Å²) in [5.41, 5.74) is 1.62. The molecule has 2 aliphatic heterocycles. The predicted octanol–water partition coefficient (Wildman–Crippen LogP) is 3.31. The molecule has 1 spiro atoms. The lowest BCUT2D eigenvalue weighted by Crippen LogP contribution is -2.47. The minimum absolute atomic E-state index is 0.284. The Hall–Kier alpha value is -1.85. The van der Waals surface area contributed by atoms with Gasteiger partial charge in [-0.05, 0) is 38.1 Å². The van der Waals surface area contributed by atoms with Crippen molar-refractivity contribution in [2.75, 3.05) is 25.0 Å². The van der Waals surface area contributed by atoms with Crippen LogP contribution in [0.4, 0.5) is 5.69 Å². The SMILES string of the molecule is CCN1CCC2(CC1)OC(=O)C(C)=C2C(=O)Nc1ccc(C)c(Cl)c1. The van der Waals surface area contributed by atoms with E-state index in [-0.39, 0.29) is 5.91 Å². The van der Waals surface area contributed by atoms with Gasteiger partial charge in [-0.3, -0.25) is 4.79 Å². The third kappa shape index (κ3) is 3.31. The largest absolute Gasteiger partial charge is 0.450 e. The number of piperidine rings is 1. The summed E-state index contributed by atoms with van der Waals surface area (Å²) in [4.78, 5) is 27.4. The standard InChI is InChI=1S/C19H23ClN2O3/c1-4-22-9-7-19(8-10-22)16(13(3)18(24)25-19)17(23)21-14-6-5-12(2)15(20)11-14/h5-6,11H,4,7-10H2,1-3H3,(H,21,23). The zero-order chi connectivity index (χ0) is 18.2. The average molecular weight is 363 g/mol. The van der Waals surface area contributed by atoms with Crippen LogP contribution in [0.2, 0.25) is 5.02 Å². The fourth-order valence-corrected chi connectivity index (χ4v) is 3.75. The molecular weight excluding hydrogens is 340 g/mol. The summed E-state index contributed by atoms with van der Waals surface area (Å²) >= 11 is 6.14. The molecule has 0 saturated carbocycles. The van der Waals surface area contributed by atoms with E-state index in [9.17, 15) is 9.59 Å². The molecule has 6 heteroatoms. The third-order valence-corrected chi connectivity index (χ3v) is 5.60. The fourth-order valence-electron chi connectivity index (χ4n) is 3.57. The first kappa shape index (κ1) is 18.0. The van der Waals surface area contributed by atoms with Crippen LogP contribution in [0.15, 0.2) is 29.3 Å². The van der Waals surface area contributed by atoms with Gasteiger partial charge in [-0.2, -0.15) is 0 Å². The number of aryl methyl sites for hydroxylation is 1. The second kappa shape index (κ2) is 6.81. The van der Waals surface area contributed by atoms with Crippen LogP contribution in [0.1, 0.15) is 32.3 Å². The Morgan fingerprint density at radius 1 is 1.32 bits per heavy atom. The highest BCUT2D eigenvalue weighted by atomic mass is 35.5. The first-order valence-electron chi connectivity index (χ1n) is 8.61. The molecule has 1 aromatic carbocycles. The van der Waals surface area contributed by atoms with Gasteiger partial charge in [0.25, 0.3) is 5.91 Å². The zero-order valence-corrected chi connectivity index (χ0v) is 15.6. The van der Waals surface area contributed by atoms with E-state index < -0.39 is 11.6 Å². The molecule has 134 valence electrons. The first-order chi connectivity index (χ1) is 11.9. The van der Waals surface area contributed by atoms with Gasteiger partial charge in [-0.25, -0.2) is 4.79 Å². The monoisotopic (exact) mass is 362 g/mol. The maximum Gasteiger partial charge on any atom is 0.335 e. The Morgan fingerprint density at radius 3 is 2.60 bits per heavy atom. The van der Waals surface area contributed by atoms with Gasteiger partial charge < -0.3 is 15.0 Å². The predicted molar refractivity (Wildman–Crippen MR) is 97.7 cm³/mol. The summed E-state index contributed by atoms with van der Waals surface area (Å²) in [6.45, 7) is 8.25. The second-order valence-electron chi connectivity index (χ2n) is 6.74. The molecule has 2 heterocycles. The van der Waals surface area contributed by atoms with Gasteiger partial charge in [0.05, 0.1) is 5.57 Å². The van der Waals surface area contributed by atoms with Crippen LogP contribution in [-0.4, -0.2) is 42.0 Å². The maximum absolute atomic E-state index is 12.9. The topological polar surface area (TPSA) is 58.6 Å². The molecule has 0 aliphatic carbocycles. The van der Waals surface area contributed by atoms with Gasteiger partial charge in [0, 0.05) is 42.2 Å².